The normalized spacial score (nSPS) is 13.1. The maximum Gasteiger partial charge on any atom is 0.0943 e. The molecule has 8 heavy (non-hydrogen) atoms. The Bertz CT molecular complexity index is 108. The van der Waals surface area contributed by atoms with E-state index in [0.717, 1.165) is 5.04 Å². The van der Waals surface area contributed by atoms with Crippen LogP contribution in [0.25, 0.3) is 0 Å². The Hall–Kier alpha value is -0.380. The lowest BCUT2D eigenvalue weighted by Crippen LogP contribution is -1.76. The van der Waals surface area contributed by atoms with Gasteiger partial charge in [-0.15, -0.1) is 16.9 Å². The fraction of sp³-hybridized carbons (Fsp3) is 0.750. The van der Waals surface area contributed by atoms with E-state index in [0.29, 0.717) is 0 Å². The van der Waals surface area contributed by atoms with Crippen molar-refractivity contribution in [2.24, 2.45) is 15.4 Å². The number of nitrogens with zero attached hydrogens (tertiary/aromatic N) is 3. The maximum atomic E-state index is 3.70. The van der Waals surface area contributed by atoms with E-state index in [4.69, 9.17) is 0 Å². The van der Waals surface area contributed by atoms with Gasteiger partial charge in [0, 0.05) is 0 Å². The third-order valence-corrected chi connectivity index (χ3v) is 1.24. The van der Waals surface area contributed by atoms with E-state index in [1.165, 1.54) is 0 Å². The van der Waals surface area contributed by atoms with Crippen molar-refractivity contribution in [1.82, 2.24) is 0 Å². The predicted octanol–water partition coefficient (Wildman–Crippen LogP) is 1.76. The highest BCUT2D eigenvalue weighted by Gasteiger charge is 1.79. The molecule has 3 nitrogen and oxygen atoms in total. The van der Waals surface area contributed by atoms with Gasteiger partial charge in [0.2, 0.25) is 0 Å². The molecule has 0 rings (SSSR count). The molecule has 0 heterocycles. The van der Waals surface area contributed by atoms with E-state index in [-0.39, 0.29) is 0 Å². The summed E-state index contributed by atoms with van der Waals surface area (Å²) in [6.45, 7) is 1.89. The standard InChI is InChI=1S/C4H9N3S/c1-4(8-3)6-7-5-2/h1-3H3/b6-4+,7-5?. The van der Waals surface area contributed by atoms with Gasteiger partial charge in [0.05, 0.1) is 12.1 Å². The lowest BCUT2D eigenvalue weighted by Gasteiger charge is -1.83. The first-order chi connectivity index (χ1) is 3.81. The first kappa shape index (κ1) is 7.62. The number of rotatable bonds is 1. The van der Waals surface area contributed by atoms with Crippen molar-refractivity contribution in [3.8, 4) is 0 Å². The van der Waals surface area contributed by atoms with Crippen LogP contribution in [-0.2, 0) is 0 Å². The molecule has 46 valence electrons. The van der Waals surface area contributed by atoms with Crippen molar-refractivity contribution in [1.29, 1.82) is 0 Å². The van der Waals surface area contributed by atoms with Gasteiger partial charge in [-0.05, 0) is 18.4 Å². The molecule has 0 N–H and O–H groups in total. The van der Waals surface area contributed by atoms with Gasteiger partial charge in [-0.1, -0.05) is 0 Å². The zero-order valence-electron chi connectivity index (χ0n) is 5.25. The first-order valence-electron chi connectivity index (χ1n) is 2.18. The molecule has 0 fully saturated rings. The third kappa shape index (κ3) is 3.80. The summed E-state index contributed by atoms with van der Waals surface area (Å²) in [5.74, 6) is 0. The van der Waals surface area contributed by atoms with Crippen LogP contribution in [0.3, 0.4) is 0 Å². The zero-order valence-corrected chi connectivity index (χ0v) is 6.07. The molecule has 0 saturated carbocycles. The summed E-state index contributed by atoms with van der Waals surface area (Å²) >= 11 is 1.56. The third-order valence-electron chi connectivity index (χ3n) is 0.570. The monoisotopic (exact) mass is 131 g/mol. The van der Waals surface area contributed by atoms with Crippen LogP contribution in [0.4, 0.5) is 0 Å². The molecular formula is C4H9N3S. The van der Waals surface area contributed by atoms with Crippen LogP contribution in [0.15, 0.2) is 15.4 Å². The fourth-order valence-corrected chi connectivity index (χ4v) is 0.267. The highest BCUT2D eigenvalue weighted by atomic mass is 32.2. The number of hydrogen-bond acceptors (Lipinski definition) is 3. The molecule has 0 aromatic heterocycles. The van der Waals surface area contributed by atoms with Crippen molar-refractivity contribution >= 4 is 16.8 Å². The van der Waals surface area contributed by atoms with E-state index in [1.807, 2.05) is 13.2 Å². The van der Waals surface area contributed by atoms with Gasteiger partial charge in [-0.2, -0.15) is 5.11 Å². The largest absolute Gasteiger partial charge is 0.172 e. The Morgan fingerprint density at radius 2 is 2.12 bits per heavy atom. The van der Waals surface area contributed by atoms with Crippen LogP contribution < -0.4 is 0 Å². The van der Waals surface area contributed by atoms with Gasteiger partial charge in [-0.3, -0.25) is 0 Å². The van der Waals surface area contributed by atoms with Crippen LogP contribution in [-0.4, -0.2) is 18.3 Å². The van der Waals surface area contributed by atoms with Crippen LogP contribution in [0, 0.1) is 0 Å². The van der Waals surface area contributed by atoms with E-state index < -0.39 is 0 Å². The lowest BCUT2D eigenvalue weighted by molar-refractivity contribution is 1.02. The molecule has 0 radical (unpaired) electrons. The molecule has 0 aliphatic rings. The summed E-state index contributed by atoms with van der Waals surface area (Å²) < 4.78 is 0. The quantitative estimate of drug-likeness (QED) is 0.231. The van der Waals surface area contributed by atoms with Gasteiger partial charge < -0.3 is 0 Å². The first-order valence-corrected chi connectivity index (χ1v) is 3.41. The second kappa shape index (κ2) is 4.77. The highest BCUT2D eigenvalue weighted by molar-refractivity contribution is 8.13. The van der Waals surface area contributed by atoms with Crippen molar-refractivity contribution in [3.05, 3.63) is 0 Å². The molecule has 0 amide bonds. The molecule has 0 unspecified atom stereocenters. The Kier molecular flexibility index (Phi) is 4.54. The summed E-state index contributed by atoms with van der Waals surface area (Å²) in [5, 5.41) is 11.5. The second-order valence-electron chi connectivity index (χ2n) is 1.11. The summed E-state index contributed by atoms with van der Waals surface area (Å²) in [4.78, 5) is 0. The summed E-state index contributed by atoms with van der Waals surface area (Å²) in [6.07, 6.45) is 1.95. The van der Waals surface area contributed by atoms with Crippen LogP contribution in [0.1, 0.15) is 6.92 Å². The topological polar surface area (TPSA) is 37.1 Å². The minimum atomic E-state index is 0.926. The second-order valence-corrected chi connectivity index (χ2v) is 2.11. The van der Waals surface area contributed by atoms with E-state index >= 15 is 0 Å². The van der Waals surface area contributed by atoms with Crippen molar-refractivity contribution in [2.75, 3.05) is 13.3 Å². The summed E-state index contributed by atoms with van der Waals surface area (Å²) in [7, 11) is 1.59. The molecule has 0 aromatic rings. The van der Waals surface area contributed by atoms with Crippen molar-refractivity contribution < 1.29 is 0 Å². The summed E-state index contributed by atoms with van der Waals surface area (Å²) in [5.41, 5.74) is 0. The van der Waals surface area contributed by atoms with E-state index in [2.05, 4.69) is 15.4 Å². The minimum absolute atomic E-state index is 0.926. The minimum Gasteiger partial charge on any atom is -0.172 e. The van der Waals surface area contributed by atoms with Gasteiger partial charge in [0.1, 0.15) is 0 Å². The number of thioether (sulfide) groups is 1. The maximum absolute atomic E-state index is 3.70. The average molecular weight is 131 g/mol. The molecule has 0 aliphatic heterocycles. The molecule has 0 bridgehead atoms. The molecule has 4 heteroatoms. The molecule has 0 saturated heterocycles. The highest BCUT2D eigenvalue weighted by Crippen LogP contribution is 1.95. The Morgan fingerprint density at radius 3 is 2.50 bits per heavy atom. The molecule has 0 spiro atoms. The van der Waals surface area contributed by atoms with Crippen molar-refractivity contribution in [2.45, 2.75) is 6.92 Å². The Labute approximate surface area is 53.3 Å². The molecular weight excluding hydrogens is 122 g/mol. The molecule has 0 aliphatic carbocycles. The average Bonchev–Trinajstić information content (AvgIpc) is 1.83. The van der Waals surface area contributed by atoms with Crippen LogP contribution >= 0.6 is 11.8 Å². The molecule has 0 atom stereocenters. The lowest BCUT2D eigenvalue weighted by atomic mass is 10.9. The predicted molar refractivity (Wildman–Crippen MR) is 37.4 cm³/mol. The Balaban J connectivity index is 3.57. The van der Waals surface area contributed by atoms with E-state index in [9.17, 15) is 0 Å². The smallest absolute Gasteiger partial charge is 0.0943 e. The van der Waals surface area contributed by atoms with Crippen LogP contribution in [0.2, 0.25) is 0 Å². The Morgan fingerprint density at radius 1 is 1.50 bits per heavy atom. The van der Waals surface area contributed by atoms with E-state index in [1.54, 1.807) is 18.8 Å². The zero-order chi connectivity index (χ0) is 6.41. The molecule has 0 aromatic carbocycles. The van der Waals surface area contributed by atoms with Crippen molar-refractivity contribution in [3.63, 3.8) is 0 Å². The fourth-order valence-electron chi connectivity index (χ4n) is 0.149. The summed E-state index contributed by atoms with van der Waals surface area (Å²) in [6, 6.07) is 0. The van der Waals surface area contributed by atoms with Crippen LogP contribution in [0.5, 0.6) is 0 Å². The number of hydrogen-bond donors (Lipinski definition) is 0. The van der Waals surface area contributed by atoms with Gasteiger partial charge in [-0.25, -0.2) is 0 Å². The van der Waals surface area contributed by atoms with Gasteiger partial charge in [0.25, 0.3) is 0 Å². The van der Waals surface area contributed by atoms with Gasteiger partial charge in [0.15, 0.2) is 0 Å². The van der Waals surface area contributed by atoms with Gasteiger partial charge >= 0.3 is 0 Å². The SMILES string of the molecule is CN=N/N=C(\C)SC.